The third kappa shape index (κ3) is 4.90. The number of hydrogen-bond acceptors (Lipinski definition) is 4. The molecule has 0 atom stereocenters. The van der Waals surface area contributed by atoms with Crippen molar-refractivity contribution in [2.24, 2.45) is 0 Å². The van der Waals surface area contributed by atoms with Gasteiger partial charge in [-0.2, -0.15) is 0 Å². The first kappa shape index (κ1) is 16.1. The Bertz CT molecular complexity index is 417. The summed E-state index contributed by atoms with van der Waals surface area (Å²) in [4.78, 5) is 2.44. The second-order valence-corrected chi connectivity index (χ2v) is 5.54. The first-order valence-electron chi connectivity index (χ1n) is 8.17. The fraction of sp³-hybridized carbons (Fsp3) is 0.647. The number of aliphatic hydroxyl groups excluding tert-OH is 1. The normalized spacial score (nSPS) is 15.2. The van der Waals surface area contributed by atoms with Crippen molar-refractivity contribution in [1.29, 1.82) is 0 Å². The van der Waals surface area contributed by atoms with E-state index in [0.717, 1.165) is 38.3 Å². The third-order valence-electron chi connectivity index (χ3n) is 3.86. The average Bonchev–Trinajstić information content (AvgIpc) is 2.53. The molecule has 21 heavy (non-hydrogen) atoms. The lowest BCUT2D eigenvalue weighted by Gasteiger charge is -2.30. The van der Waals surface area contributed by atoms with E-state index in [9.17, 15) is 0 Å². The van der Waals surface area contributed by atoms with Gasteiger partial charge in [0.2, 0.25) is 0 Å². The molecule has 1 aromatic rings. The average molecular weight is 292 g/mol. The van der Waals surface area contributed by atoms with E-state index in [4.69, 9.17) is 9.84 Å². The van der Waals surface area contributed by atoms with Gasteiger partial charge >= 0.3 is 0 Å². The van der Waals surface area contributed by atoms with Gasteiger partial charge in [-0.05, 0) is 56.8 Å². The van der Waals surface area contributed by atoms with E-state index in [1.165, 1.54) is 30.5 Å². The van der Waals surface area contributed by atoms with Crippen LogP contribution in [0.15, 0.2) is 18.2 Å². The molecule has 1 aliphatic rings. The Hall–Kier alpha value is -1.26. The van der Waals surface area contributed by atoms with Crippen molar-refractivity contribution in [3.8, 4) is 5.75 Å². The standard InChI is InChI=1S/C17H28N2O2/c1-2-21-17-13-15(14-18-9-6-12-20)7-8-16(17)19-10-4-3-5-11-19/h7-8,13,18,20H,2-6,9-12,14H2,1H3. The number of ether oxygens (including phenoxy) is 1. The molecule has 1 saturated heterocycles. The van der Waals surface area contributed by atoms with Crippen molar-refractivity contribution in [3.05, 3.63) is 23.8 Å². The summed E-state index contributed by atoms with van der Waals surface area (Å²) in [5.74, 6) is 1.00. The fourth-order valence-corrected chi connectivity index (χ4v) is 2.77. The molecule has 0 bridgehead atoms. The van der Waals surface area contributed by atoms with Crippen LogP contribution < -0.4 is 15.0 Å². The van der Waals surface area contributed by atoms with Crippen LogP contribution in [0.25, 0.3) is 0 Å². The summed E-state index contributed by atoms with van der Waals surface area (Å²) >= 11 is 0. The maximum Gasteiger partial charge on any atom is 0.142 e. The minimum Gasteiger partial charge on any atom is -0.492 e. The van der Waals surface area contributed by atoms with Crippen molar-refractivity contribution in [3.63, 3.8) is 0 Å². The van der Waals surface area contributed by atoms with E-state index >= 15 is 0 Å². The Balaban J connectivity index is 2.03. The molecule has 2 rings (SSSR count). The molecular formula is C17H28N2O2. The molecule has 2 N–H and O–H groups in total. The van der Waals surface area contributed by atoms with Crippen LogP contribution >= 0.6 is 0 Å². The summed E-state index contributed by atoms with van der Waals surface area (Å²) in [5.41, 5.74) is 2.47. The van der Waals surface area contributed by atoms with Crippen molar-refractivity contribution in [2.75, 3.05) is 37.7 Å². The van der Waals surface area contributed by atoms with Crippen molar-refractivity contribution in [2.45, 2.75) is 39.2 Å². The lowest BCUT2D eigenvalue weighted by molar-refractivity contribution is 0.286. The molecule has 0 spiro atoms. The summed E-state index contributed by atoms with van der Waals surface area (Å²) in [7, 11) is 0. The van der Waals surface area contributed by atoms with Crippen LogP contribution in [-0.2, 0) is 6.54 Å². The lowest BCUT2D eigenvalue weighted by Crippen LogP contribution is -2.29. The first-order valence-corrected chi connectivity index (χ1v) is 8.17. The quantitative estimate of drug-likeness (QED) is 0.723. The van der Waals surface area contributed by atoms with Crippen molar-refractivity contribution < 1.29 is 9.84 Å². The van der Waals surface area contributed by atoms with Crippen LogP contribution in [0, 0.1) is 0 Å². The van der Waals surface area contributed by atoms with Gasteiger partial charge in [0, 0.05) is 26.2 Å². The van der Waals surface area contributed by atoms with Gasteiger partial charge in [0.1, 0.15) is 5.75 Å². The van der Waals surface area contributed by atoms with Crippen LogP contribution in [0.2, 0.25) is 0 Å². The smallest absolute Gasteiger partial charge is 0.142 e. The van der Waals surface area contributed by atoms with Gasteiger partial charge in [-0.15, -0.1) is 0 Å². The molecule has 1 aliphatic heterocycles. The molecule has 0 amide bonds. The third-order valence-corrected chi connectivity index (χ3v) is 3.86. The van der Waals surface area contributed by atoms with Crippen LogP contribution in [0.5, 0.6) is 5.75 Å². The SMILES string of the molecule is CCOc1cc(CNCCCO)ccc1N1CCCCC1. The van der Waals surface area contributed by atoms with Gasteiger partial charge in [-0.1, -0.05) is 6.07 Å². The number of anilines is 1. The van der Waals surface area contributed by atoms with Gasteiger partial charge in [0.05, 0.1) is 12.3 Å². The van der Waals surface area contributed by atoms with E-state index in [1.54, 1.807) is 0 Å². The van der Waals surface area contributed by atoms with Gasteiger partial charge in [0.25, 0.3) is 0 Å². The Morgan fingerprint density at radius 2 is 2.05 bits per heavy atom. The summed E-state index contributed by atoms with van der Waals surface area (Å²) in [6.45, 7) is 6.90. The summed E-state index contributed by atoms with van der Waals surface area (Å²) in [5, 5.41) is 12.1. The van der Waals surface area contributed by atoms with E-state index in [1.807, 2.05) is 6.92 Å². The number of nitrogens with one attached hydrogen (secondary N) is 1. The number of aliphatic hydroxyl groups is 1. The molecule has 1 fully saturated rings. The zero-order valence-electron chi connectivity index (χ0n) is 13.1. The highest BCUT2D eigenvalue weighted by Gasteiger charge is 2.15. The maximum absolute atomic E-state index is 8.79. The number of hydrogen-bond donors (Lipinski definition) is 2. The number of rotatable bonds is 8. The second-order valence-electron chi connectivity index (χ2n) is 5.54. The zero-order valence-corrected chi connectivity index (χ0v) is 13.1. The number of piperidine rings is 1. The predicted molar refractivity (Wildman–Crippen MR) is 87.1 cm³/mol. The lowest BCUT2D eigenvalue weighted by atomic mass is 10.1. The molecule has 1 aromatic carbocycles. The van der Waals surface area contributed by atoms with Crippen LogP contribution in [0.1, 0.15) is 38.2 Å². The van der Waals surface area contributed by atoms with E-state index in [0.29, 0.717) is 6.61 Å². The van der Waals surface area contributed by atoms with Gasteiger partial charge in [-0.3, -0.25) is 0 Å². The minimum atomic E-state index is 0.241. The van der Waals surface area contributed by atoms with E-state index in [2.05, 4.69) is 28.4 Å². The molecule has 0 saturated carbocycles. The second kappa shape index (κ2) is 8.90. The van der Waals surface area contributed by atoms with Crippen molar-refractivity contribution in [1.82, 2.24) is 5.32 Å². The van der Waals surface area contributed by atoms with Crippen LogP contribution in [-0.4, -0.2) is 38.0 Å². The number of nitrogens with zero attached hydrogens (tertiary/aromatic N) is 1. The fourth-order valence-electron chi connectivity index (χ4n) is 2.77. The summed E-state index contributed by atoms with van der Waals surface area (Å²) in [6, 6.07) is 6.52. The first-order chi connectivity index (χ1) is 10.3. The number of benzene rings is 1. The van der Waals surface area contributed by atoms with Crippen LogP contribution in [0.3, 0.4) is 0 Å². The molecular weight excluding hydrogens is 264 g/mol. The molecule has 1 heterocycles. The maximum atomic E-state index is 8.79. The van der Waals surface area contributed by atoms with Gasteiger partial charge in [0.15, 0.2) is 0 Å². The summed E-state index contributed by atoms with van der Waals surface area (Å²) < 4.78 is 5.85. The topological polar surface area (TPSA) is 44.7 Å². The zero-order chi connectivity index (χ0) is 14.9. The Morgan fingerprint density at radius 3 is 2.76 bits per heavy atom. The minimum absolute atomic E-state index is 0.241. The Kier molecular flexibility index (Phi) is 6.83. The molecule has 0 aromatic heterocycles. The highest BCUT2D eigenvalue weighted by molar-refractivity contribution is 5.60. The molecule has 0 radical (unpaired) electrons. The van der Waals surface area contributed by atoms with Crippen molar-refractivity contribution >= 4 is 5.69 Å². The van der Waals surface area contributed by atoms with Gasteiger partial charge in [-0.25, -0.2) is 0 Å². The summed E-state index contributed by atoms with van der Waals surface area (Å²) in [6.07, 6.45) is 4.68. The molecule has 4 nitrogen and oxygen atoms in total. The highest BCUT2D eigenvalue weighted by atomic mass is 16.5. The predicted octanol–water partition coefficient (Wildman–Crippen LogP) is 2.55. The highest BCUT2D eigenvalue weighted by Crippen LogP contribution is 2.31. The Labute approximate surface area is 128 Å². The van der Waals surface area contributed by atoms with Crippen LogP contribution in [0.4, 0.5) is 5.69 Å². The molecule has 4 heteroatoms. The van der Waals surface area contributed by atoms with E-state index < -0.39 is 0 Å². The monoisotopic (exact) mass is 292 g/mol. The largest absolute Gasteiger partial charge is 0.492 e. The van der Waals surface area contributed by atoms with Gasteiger partial charge < -0.3 is 20.1 Å². The molecule has 118 valence electrons. The molecule has 0 unspecified atom stereocenters. The molecule has 0 aliphatic carbocycles. The Morgan fingerprint density at radius 1 is 1.24 bits per heavy atom. The van der Waals surface area contributed by atoms with E-state index in [-0.39, 0.29) is 6.61 Å².